The quantitative estimate of drug-likeness (QED) is 0.334. The summed E-state index contributed by atoms with van der Waals surface area (Å²) in [5.41, 5.74) is 1.87. The van der Waals surface area contributed by atoms with Crippen molar-refractivity contribution < 1.29 is 22.7 Å². The van der Waals surface area contributed by atoms with E-state index in [1.165, 1.54) is 12.1 Å². The molecule has 0 bridgehead atoms. The Morgan fingerprint density at radius 3 is 2.62 bits per heavy atom. The highest BCUT2D eigenvalue weighted by Gasteiger charge is 2.29. The Morgan fingerprint density at radius 2 is 1.85 bits per heavy atom. The van der Waals surface area contributed by atoms with Gasteiger partial charge in [0.25, 0.3) is 5.91 Å². The van der Waals surface area contributed by atoms with Gasteiger partial charge in [0.1, 0.15) is 23.7 Å². The molecule has 3 heterocycles. The van der Waals surface area contributed by atoms with E-state index in [-0.39, 0.29) is 18.2 Å². The fourth-order valence-corrected chi connectivity index (χ4v) is 3.51. The van der Waals surface area contributed by atoms with E-state index in [2.05, 4.69) is 20.3 Å². The topological polar surface area (TPSA) is 84.3 Å². The number of nitrogens with zero attached hydrogens (tertiary/aromatic N) is 3. The van der Waals surface area contributed by atoms with E-state index in [4.69, 9.17) is 16.3 Å². The number of ether oxygens (including phenoxy) is 1. The molecule has 5 rings (SSSR count). The second-order valence-electron chi connectivity index (χ2n) is 7.44. The van der Waals surface area contributed by atoms with Crippen molar-refractivity contribution in [3.8, 4) is 5.75 Å². The van der Waals surface area contributed by atoms with Crippen molar-refractivity contribution in [3.63, 3.8) is 0 Å². The zero-order chi connectivity index (χ0) is 23.9. The number of H-pyrrole nitrogens is 1. The molecule has 0 aliphatic rings. The molecule has 0 unspecified atom stereocenters. The lowest BCUT2D eigenvalue weighted by Gasteiger charge is -2.09. The Hall–Kier alpha value is -4.05. The molecule has 2 N–H and O–H groups in total. The molecule has 34 heavy (non-hydrogen) atoms. The van der Waals surface area contributed by atoms with Crippen LogP contribution in [0.1, 0.15) is 21.6 Å². The summed E-state index contributed by atoms with van der Waals surface area (Å²) >= 11 is 5.96. The summed E-state index contributed by atoms with van der Waals surface area (Å²) in [6, 6.07) is 13.3. The molecule has 0 saturated carbocycles. The number of aromatic nitrogens is 4. The van der Waals surface area contributed by atoms with Crippen LogP contribution in [-0.4, -0.2) is 25.3 Å². The summed E-state index contributed by atoms with van der Waals surface area (Å²) < 4.78 is 45.4. The van der Waals surface area contributed by atoms with Crippen molar-refractivity contribution in [2.75, 3.05) is 5.32 Å². The summed E-state index contributed by atoms with van der Waals surface area (Å²) in [6.07, 6.45) is -1.17. The summed E-state index contributed by atoms with van der Waals surface area (Å²) in [6.45, 7) is 0.0928. The molecule has 0 spiro atoms. The zero-order valence-corrected chi connectivity index (χ0v) is 18.0. The van der Waals surface area contributed by atoms with Gasteiger partial charge in [0.15, 0.2) is 0 Å². The lowest BCUT2D eigenvalue weighted by Crippen LogP contribution is -2.13. The number of alkyl halides is 3. The lowest BCUT2D eigenvalue weighted by atomic mass is 10.1. The first-order chi connectivity index (χ1) is 16.2. The molecule has 0 atom stereocenters. The second-order valence-corrected chi connectivity index (χ2v) is 7.88. The van der Waals surface area contributed by atoms with Crippen LogP contribution in [0.3, 0.4) is 0 Å². The minimum Gasteiger partial charge on any atom is -0.489 e. The van der Waals surface area contributed by atoms with Crippen LogP contribution in [0.25, 0.3) is 16.7 Å². The number of rotatable bonds is 5. The maximum Gasteiger partial charge on any atom is 0.416 e. The van der Waals surface area contributed by atoms with Crippen LogP contribution in [0.5, 0.6) is 5.75 Å². The zero-order valence-electron chi connectivity index (χ0n) is 17.2. The Bertz CT molecular complexity index is 1510. The third-order valence-electron chi connectivity index (χ3n) is 5.02. The van der Waals surface area contributed by atoms with Gasteiger partial charge in [-0.25, -0.2) is 9.97 Å². The van der Waals surface area contributed by atoms with Crippen LogP contribution in [0, 0.1) is 0 Å². The Balaban J connectivity index is 1.27. The smallest absolute Gasteiger partial charge is 0.416 e. The van der Waals surface area contributed by atoms with Crippen molar-refractivity contribution in [2.45, 2.75) is 12.8 Å². The average molecular weight is 486 g/mol. The minimum atomic E-state index is -4.38. The molecule has 7 nitrogen and oxygen atoms in total. The number of imidazole rings is 2. The van der Waals surface area contributed by atoms with Gasteiger partial charge < -0.3 is 14.1 Å². The molecule has 1 amide bonds. The molecule has 0 fully saturated rings. The molecule has 5 aromatic rings. The molecule has 0 aliphatic carbocycles. The summed E-state index contributed by atoms with van der Waals surface area (Å²) in [5.74, 6) is 0.265. The van der Waals surface area contributed by atoms with Crippen LogP contribution in [0.2, 0.25) is 5.02 Å². The fourth-order valence-electron chi connectivity index (χ4n) is 3.34. The van der Waals surface area contributed by atoms with Gasteiger partial charge in [-0.1, -0.05) is 23.7 Å². The van der Waals surface area contributed by atoms with Crippen LogP contribution in [0.15, 0.2) is 67.0 Å². The number of carbonyl (C=O) groups is 1. The number of halogens is 4. The van der Waals surface area contributed by atoms with E-state index in [0.717, 1.165) is 12.1 Å². The van der Waals surface area contributed by atoms with Gasteiger partial charge in [0.2, 0.25) is 5.95 Å². The highest BCUT2D eigenvalue weighted by Crippen LogP contribution is 2.29. The molecule has 172 valence electrons. The Kier molecular flexibility index (Phi) is 5.37. The molecule has 0 radical (unpaired) electrons. The van der Waals surface area contributed by atoms with Crippen molar-refractivity contribution in [2.24, 2.45) is 0 Å². The molecular formula is C23H15ClF3N5O2. The summed E-state index contributed by atoms with van der Waals surface area (Å²) in [5, 5.41) is 3.19. The van der Waals surface area contributed by atoms with E-state index >= 15 is 0 Å². The number of fused-ring (bicyclic) bond motifs is 2. The molecule has 2 aromatic carbocycles. The third kappa shape index (κ3) is 4.53. The summed E-state index contributed by atoms with van der Waals surface area (Å²) in [4.78, 5) is 24.2. The molecule has 0 saturated heterocycles. The SMILES string of the molecule is O=C(Nc1nc2cc(OCc3ccc(C(F)(F)F)cc3)ccc2[nH]1)c1cn2cc(Cl)ccc2n1. The lowest BCUT2D eigenvalue weighted by molar-refractivity contribution is -0.137. The average Bonchev–Trinajstić information content (AvgIpc) is 3.40. The van der Waals surface area contributed by atoms with Crippen molar-refractivity contribution in [3.05, 3.63) is 88.8 Å². The first kappa shape index (κ1) is 21.8. The maximum absolute atomic E-state index is 12.7. The van der Waals surface area contributed by atoms with E-state index in [9.17, 15) is 18.0 Å². The van der Waals surface area contributed by atoms with E-state index < -0.39 is 17.6 Å². The monoisotopic (exact) mass is 485 g/mol. The van der Waals surface area contributed by atoms with E-state index in [1.807, 2.05) is 0 Å². The number of hydrogen-bond donors (Lipinski definition) is 2. The largest absolute Gasteiger partial charge is 0.489 e. The minimum absolute atomic E-state index is 0.0928. The number of benzene rings is 2. The van der Waals surface area contributed by atoms with Gasteiger partial charge in [-0.05, 0) is 42.0 Å². The highest BCUT2D eigenvalue weighted by atomic mass is 35.5. The van der Waals surface area contributed by atoms with Gasteiger partial charge in [0, 0.05) is 18.5 Å². The standard InChI is InChI=1S/C23H15ClF3N5O2/c24-15-5-8-20-28-19(11-32(20)10-15)21(33)31-22-29-17-7-6-16(9-18(17)30-22)34-12-13-1-3-14(4-2-13)23(25,26)27/h1-11H,12H2,(H2,29,30,31,33). The first-order valence-corrected chi connectivity index (χ1v) is 10.4. The number of carbonyl (C=O) groups excluding carboxylic acids is 1. The Labute approximate surface area is 195 Å². The van der Waals surface area contributed by atoms with Crippen LogP contribution in [-0.2, 0) is 12.8 Å². The van der Waals surface area contributed by atoms with Crippen LogP contribution >= 0.6 is 11.6 Å². The first-order valence-electron chi connectivity index (χ1n) is 9.99. The second kappa shape index (κ2) is 8.38. The number of hydrogen-bond acceptors (Lipinski definition) is 4. The van der Waals surface area contributed by atoms with Gasteiger partial charge in [0.05, 0.1) is 21.6 Å². The number of amides is 1. The molecule has 0 aliphatic heterocycles. The predicted octanol–water partition coefficient (Wildman–Crippen LogP) is 5.71. The van der Waals surface area contributed by atoms with Crippen LogP contribution < -0.4 is 10.1 Å². The Morgan fingerprint density at radius 1 is 1.06 bits per heavy atom. The van der Waals surface area contributed by atoms with E-state index in [1.54, 1.807) is 47.1 Å². The maximum atomic E-state index is 12.7. The van der Waals surface area contributed by atoms with Gasteiger partial charge >= 0.3 is 6.18 Å². The van der Waals surface area contributed by atoms with Gasteiger partial charge in [-0.15, -0.1) is 0 Å². The predicted molar refractivity (Wildman–Crippen MR) is 120 cm³/mol. The molecule has 3 aromatic heterocycles. The number of anilines is 1. The van der Waals surface area contributed by atoms with Crippen molar-refractivity contribution in [1.82, 2.24) is 19.4 Å². The van der Waals surface area contributed by atoms with E-state index in [0.29, 0.717) is 33.0 Å². The number of pyridine rings is 1. The molecular weight excluding hydrogens is 471 g/mol. The van der Waals surface area contributed by atoms with Crippen molar-refractivity contribution >= 4 is 40.1 Å². The van der Waals surface area contributed by atoms with Crippen molar-refractivity contribution in [1.29, 1.82) is 0 Å². The van der Waals surface area contributed by atoms with Crippen LogP contribution in [0.4, 0.5) is 19.1 Å². The van der Waals surface area contributed by atoms with Gasteiger partial charge in [-0.3, -0.25) is 10.1 Å². The highest BCUT2D eigenvalue weighted by molar-refractivity contribution is 6.30. The third-order valence-corrected chi connectivity index (χ3v) is 5.24. The molecule has 11 heteroatoms. The normalized spacial score (nSPS) is 11.8. The summed E-state index contributed by atoms with van der Waals surface area (Å²) in [7, 11) is 0. The number of nitrogens with one attached hydrogen (secondary N) is 2. The number of aromatic amines is 1. The van der Waals surface area contributed by atoms with Gasteiger partial charge in [-0.2, -0.15) is 13.2 Å². The fraction of sp³-hybridized carbons (Fsp3) is 0.0870.